The number of carbonyl (C=O) groups excluding carboxylic acids is 2. The summed E-state index contributed by atoms with van der Waals surface area (Å²) in [4.78, 5) is 26.6. The molecule has 1 aromatic carbocycles. The van der Waals surface area contributed by atoms with E-state index in [4.69, 9.17) is 0 Å². The van der Waals surface area contributed by atoms with Gasteiger partial charge < -0.3 is 15.5 Å². The second-order valence-corrected chi connectivity index (χ2v) is 7.35. The summed E-state index contributed by atoms with van der Waals surface area (Å²) in [6.45, 7) is 4.32. The molecular weight excluding hydrogens is 314 g/mol. The number of benzene rings is 1. The van der Waals surface area contributed by atoms with Crippen LogP contribution in [0.2, 0.25) is 0 Å². The Morgan fingerprint density at radius 1 is 1.16 bits per heavy atom. The summed E-state index contributed by atoms with van der Waals surface area (Å²) in [6, 6.07) is 7.95. The molecule has 0 aliphatic heterocycles. The molecule has 0 aromatic heterocycles. The number of likely N-dealkylation sites (N-methyl/N-ethyl adjacent to an activating group) is 1. The largest absolute Gasteiger partial charge is 0.352 e. The average molecular weight is 345 g/mol. The summed E-state index contributed by atoms with van der Waals surface area (Å²) in [6.07, 6.45) is 4.10. The van der Waals surface area contributed by atoms with E-state index in [9.17, 15) is 9.59 Å². The van der Waals surface area contributed by atoms with Crippen molar-refractivity contribution in [1.82, 2.24) is 15.5 Å². The first-order valence-corrected chi connectivity index (χ1v) is 9.19. The van der Waals surface area contributed by atoms with E-state index >= 15 is 0 Å². The van der Waals surface area contributed by atoms with E-state index in [-0.39, 0.29) is 23.8 Å². The summed E-state index contributed by atoms with van der Waals surface area (Å²) in [7, 11) is 4.00. The molecular formula is C20H31N3O2. The van der Waals surface area contributed by atoms with Crippen LogP contribution < -0.4 is 10.6 Å². The van der Waals surface area contributed by atoms with Crippen LogP contribution in [0, 0.1) is 12.8 Å². The van der Waals surface area contributed by atoms with E-state index in [1.54, 1.807) is 6.92 Å². The topological polar surface area (TPSA) is 61.4 Å². The van der Waals surface area contributed by atoms with E-state index in [0.29, 0.717) is 6.54 Å². The van der Waals surface area contributed by atoms with Crippen molar-refractivity contribution in [3.8, 4) is 0 Å². The minimum Gasteiger partial charge on any atom is -0.352 e. The second-order valence-electron chi connectivity index (χ2n) is 7.35. The standard InChI is InChI=1S/C20H31N3O2/c1-14-9-11-16(12-10-14)18(23(3)4)13-21-19(24)15(2)22-20(25)17-7-5-6-8-17/h9-12,15,17-18H,5-8,13H2,1-4H3,(H,21,24)(H,22,25). The fourth-order valence-electron chi connectivity index (χ4n) is 3.32. The fourth-order valence-corrected chi connectivity index (χ4v) is 3.32. The predicted molar refractivity (Wildman–Crippen MR) is 100 cm³/mol. The highest BCUT2D eigenvalue weighted by Gasteiger charge is 2.26. The molecule has 1 aliphatic carbocycles. The van der Waals surface area contributed by atoms with Gasteiger partial charge in [-0.05, 0) is 46.3 Å². The van der Waals surface area contributed by atoms with Crippen molar-refractivity contribution in [2.45, 2.75) is 51.6 Å². The van der Waals surface area contributed by atoms with Gasteiger partial charge in [0.2, 0.25) is 11.8 Å². The number of aryl methyl sites for hydroxylation is 1. The molecule has 138 valence electrons. The first kappa shape index (κ1) is 19.4. The third-order valence-electron chi connectivity index (χ3n) is 5.03. The van der Waals surface area contributed by atoms with Gasteiger partial charge in [-0.15, -0.1) is 0 Å². The smallest absolute Gasteiger partial charge is 0.242 e. The lowest BCUT2D eigenvalue weighted by molar-refractivity contribution is -0.130. The van der Waals surface area contributed by atoms with Crippen molar-refractivity contribution in [3.63, 3.8) is 0 Å². The van der Waals surface area contributed by atoms with Crippen LogP contribution in [0.4, 0.5) is 0 Å². The number of amides is 2. The van der Waals surface area contributed by atoms with E-state index in [0.717, 1.165) is 25.7 Å². The van der Waals surface area contributed by atoms with Gasteiger partial charge in [0.1, 0.15) is 6.04 Å². The van der Waals surface area contributed by atoms with Gasteiger partial charge in [0.25, 0.3) is 0 Å². The maximum atomic E-state index is 12.4. The van der Waals surface area contributed by atoms with Crippen LogP contribution in [0.3, 0.4) is 0 Å². The number of hydrogen-bond acceptors (Lipinski definition) is 3. The van der Waals surface area contributed by atoms with E-state index in [1.807, 2.05) is 14.1 Å². The SMILES string of the molecule is Cc1ccc(C(CNC(=O)C(C)NC(=O)C2CCCC2)N(C)C)cc1. The van der Waals surface area contributed by atoms with Gasteiger partial charge in [-0.2, -0.15) is 0 Å². The molecule has 0 heterocycles. The molecule has 1 aliphatic rings. The molecule has 0 radical (unpaired) electrons. The minimum atomic E-state index is -0.506. The molecule has 2 atom stereocenters. The highest BCUT2D eigenvalue weighted by molar-refractivity contribution is 5.88. The molecule has 0 bridgehead atoms. The quantitative estimate of drug-likeness (QED) is 0.798. The van der Waals surface area contributed by atoms with Crippen molar-refractivity contribution in [2.24, 2.45) is 5.92 Å². The molecule has 2 unspecified atom stereocenters. The van der Waals surface area contributed by atoms with Crippen molar-refractivity contribution < 1.29 is 9.59 Å². The highest BCUT2D eigenvalue weighted by Crippen LogP contribution is 2.24. The monoisotopic (exact) mass is 345 g/mol. The van der Waals surface area contributed by atoms with Gasteiger partial charge in [-0.25, -0.2) is 0 Å². The summed E-state index contributed by atoms with van der Waals surface area (Å²) in [5.74, 6) is -0.0366. The summed E-state index contributed by atoms with van der Waals surface area (Å²) < 4.78 is 0. The molecule has 1 aromatic rings. The molecule has 5 heteroatoms. The van der Waals surface area contributed by atoms with E-state index in [2.05, 4.69) is 46.7 Å². The van der Waals surface area contributed by atoms with E-state index < -0.39 is 6.04 Å². The van der Waals surface area contributed by atoms with Crippen LogP contribution in [0.5, 0.6) is 0 Å². The lowest BCUT2D eigenvalue weighted by Crippen LogP contribution is -2.48. The number of rotatable bonds is 7. The molecule has 1 fully saturated rings. The van der Waals surface area contributed by atoms with Crippen molar-refractivity contribution in [3.05, 3.63) is 35.4 Å². The lowest BCUT2D eigenvalue weighted by atomic mass is 10.0. The lowest BCUT2D eigenvalue weighted by Gasteiger charge is -2.26. The third kappa shape index (κ3) is 5.56. The molecule has 25 heavy (non-hydrogen) atoms. The van der Waals surface area contributed by atoms with Crippen molar-refractivity contribution in [1.29, 1.82) is 0 Å². The Labute approximate surface area is 151 Å². The van der Waals surface area contributed by atoms with Crippen LogP contribution in [-0.4, -0.2) is 43.4 Å². The predicted octanol–water partition coefficient (Wildman–Crippen LogP) is 2.41. The Kier molecular flexibility index (Phi) is 7.00. The van der Waals surface area contributed by atoms with Crippen LogP contribution in [-0.2, 0) is 9.59 Å². The van der Waals surface area contributed by atoms with Crippen LogP contribution in [0.25, 0.3) is 0 Å². The Hall–Kier alpha value is -1.88. The van der Waals surface area contributed by atoms with Gasteiger partial charge in [-0.3, -0.25) is 9.59 Å². The molecule has 2 rings (SSSR count). The number of hydrogen-bond donors (Lipinski definition) is 2. The maximum Gasteiger partial charge on any atom is 0.242 e. The van der Waals surface area contributed by atoms with Gasteiger partial charge in [-0.1, -0.05) is 42.7 Å². The first-order valence-electron chi connectivity index (χ1n) is 9.19. The Morgan fingerprint density at radius 2 is 1.76 bits per heavy atom. The molecule has 0 spiro atoms. The molecule has 0 saturated heterocycles. The Balaban J connectivity index is 1.87. The van der Waals surface area contributed by atoms with Gasteiger partial charge in [0.15, 0.2) is 0 Å². The third-order valence-corrected chi connectivity index (χ3v) is 5.03. The number of nitrogens with one attached hydrogen (secondary N) is 2. The normalized spacial score (nSPS) is 17.3. The Morgan fingerprint density at radius 3 is 2.32 bits per heavy atom. The summed E-state index contributed by atoms with van der Waals surface area (Å²) in [5, 5.41) is 5.83. The summed E-state index contributed by atoms with van der Waals surface area (Å²) >= 11 is 0. The van der Waals surface area contributed by atoms with Crippen molar-refractivity contribution in [2.75, 3.05) is 20.6 Å². The molecule has 1 saturated carbocycles. The Bertz CT molecular complexity index is 577. The van der Waals surface area contributed by atoms with E-state index in [1.165, 1.54) is 11.1 Å². The van der Waals surface area contributed by atoms with Gasteiger partial charge in [0.05, 0.1) is 6.04 Å². The number of carbonyl (C=O) groups is 2. The second kappa shape index (κ2) is 8.99. The zero-order chi connectivity index (χ0) is 18.4. The van der Waals surface area contributed by atoms with Crippen LogP contribution in [0.1, 0.15) is 49.8 Å². The number of nitrogens with zero attached hydrogens (tertiary/aromatic N) is 1. The first-order chi connectivity index (χ1) is 11.9. The van der Waals surface area contributed by atoms with Crippen LogP contribution >= 0.6 is 0 Å². The minimum absolute atomic E-state index is 0.0165. The fraction of sp³-hybridized carbons (Fsp3) is 0.600. The van der Waals surface area contributed by atoms with Gasteiger partial charge >= 0.3 is 0 Å². The van der Waals surface area contributed by atoms with Crippen molar-refractivity contribution >= 4 is 11.8 Å². The summed E-state index contributed by atoms with van der Waals surface area (Å²) in [5.41, 5.74) is 2.38. The highest BCUT2D eigenvalue weighted by atomic mass is 16.2. The maximum absolute atomic E-state index is 12.4. The molecule has 2 N–H and O–H groups in total. The van der Waals surface area contributed by atoms with Crippen LogP contribution in [0.15, 0.2) is 24.3 Å². The van der Waals surface area contributed by atoms with Gasteiger partial charge in [0, 0.05) is 12.5 Å². The molecule has 2 amide bonds. The zero-order valence-electron chi connectivity index (χ0n) is 15.8. The average Bonchev–Trinajstić information content (AvgIpc) is 3.10. The molecule has 5 nitrogen and oxygen atoms in total. The zero-order valence-corrected chi connectivity index (χ0v) is 15.8.